The maximum absolute atomic E-state index is 13.2. The summed E-state index contributed by atoms with van der Waals surface area (Å²) in [7, 11) is 0. The van der Waals surface area contributed by atoms with Crippen LogP contribution in [-0.2, 0) is 0 Å². The van der Waals surface area contributed by atoms with E-state index >= 15 is 0 Å². The molecular formula is C13H10FN5O. The number of amides is 1. The molecular weight excluding hydrogens is 261 g/mol. The average molecular weight is 271 g/mol. The number of carbonyl (C=O) groups is 1. The molecule has 2 N–H and O–H groups in total. The first-order chi connectivity index (χ1) is 9.56. The van der Waals surface area contributed by atoms with Crippen LogP contribution in [0.1, 0.15) is 16.1 Å². The summed E-state index contributed by atoms with van der Waals surface area (Å²) >= 11 is 0. The van der Waals surface area contributed by atoms with Crippen LogP contribution in [-0.4, -0.2) is 25.5 Å². The fourth-order valence-corrected chi connectivity index (χ4v) is 1.97. The minimum Gasteiger partial charge on any atom is -0.365 e. The number of primary amides is 1. The van der Waals surface area contributed by atoms with Crippen LogP contribution in [0.2, 0.25) is 0 Å². The summed E-state index contributed by atoms with van der Waals surface area (Å²) in [6.07, 6.45) is 1.36. The van der Waals surface area contributed by atoms with Crippen LogP contribution in [0.5, 0.6) is 0 Å². The van der Waals surface area contributed by atoms with Crippen molar-refractivity contribution in [3.8, 4) is 11.4 Å². The molecule has 3 heterocycles. The van der Waals surface area contributed by atoms with Gasteiger partial charge < -0.3 is 5.73 Å². The lowest BCUT2D eigenvalue weighted by atomic mass is 10.2. The number of nitrogens with zero attached hydrogens (tertiary/aromatic N) is 4. The van der Waals surface area contributed by atoms with Crippen molar-refractivity contribution in [2.75, 3.05) is 0 Å². The highest BCUT2D eigenvalue weighted by Gasteiger charge is 2.14. The lowest BCUT2D eigenvalue weighted by Gasteiger charge is -2.04. The number of rotatable bonds is 2. The van der Waals surface area contributed by atoms with Gasteiger partial charge in [0.1, 0.15) is 5.56 Å². The standard InChI is InChI=1S/C13H10FN5O/c1-7-5-10(9-3-2-4-11(14)17-9)18-13-8(12(15)20)6-16-19(7)13/h2-6H,1H3,(H2,15,20). The van der Waals surface area contributed by atoms with Gasteiger partial charge in [0.2, 0.25) is 5.95 Å². The molecule has 3 aromatic heterocycles. The maximum Gasteiger partial charge on any atom is 0.254 e. The molecule has 0 aromatic carbocycles. The van der Waals surface area contributed by atoms with E-state index in [1.807, 2.05) is 0 Å². The van der Waals surface area contributed by atoms with E-state index in [-0.39, 0.29) is 5.56 Å². The molecule has 0 atom stereocenters. The predicted molar refractivity (Wildman–Crippen MR) is 69.4 cm³/mol. The van der Waals surface area contributed by atoms with E-state index in [1.165, 1.54) is 16.8 Å². The Morgan fingerprint density at radius 1 is 1.30 bits per heavy atom. The lowest BCUT2D eigenvalue weighted by molar-refractivity contribution is 0.100. The second-order valence-electron chi connectivity index (χ2n) is 4.29. The molecule has 100 valence electrons. The van der Waals surface area contributed by atoms with Gasteiger partial charge in [-0.1, -0.05) is 6.07 Å². The number of hydrogen-bond donors (Lipinski definition) is 1. The summed E-state index contributed by atoms with van der Waals surface area (Å²) in [5, 5.41) is 4.05. The van der Waals surface area contributed by atoms with Gasteiger partial charge in [-0.05, 0) is 25.1 Å². The maximum atomic E-state index is 13.2. The van der Waals surface area contributed by atoms with Crippen LogP contribution in [0.15, 0.2) is 30.5 Å². The number of carbonyl (C=O) groups excluding carboxylic acids is 1. The van der Waals surface area contributed by atoms with E-state index in [0.717, 1.165) is 5.69 Å². The second-order valence-corrected chi connectivity index (χ2v) is 4.29. The Labute approximate surface area is 113 Å². The fourth-order valence-electron chi connectivity index (χ4n) is 1.97. The number of aromatic nitrogens is 4. The molecule has 0 fully saturated rings. The van der Waals surface area contributed by atoms with E-state index in [4.69, 9.17) is 5.73 Å². The van der Waals surface area contributed by atoms with Gasteiger partial charge in [-0.2, -0.15) is 9.49 Å². The Hall–Kier alpha value is -2.83. The summed E-state index contributed by atoms with van der Waals surface area (Å²) in [6.45, 7) is 1.80. The zero-order valence-electron chi connectivity index (χ0n) is 10.5. The van der Waals surface area contributed by atoms with Gasteiger partial charge in [-0.3, -0.25) is 4.79 Å². The van der Waals surface area contributed by atoms with Crippen LogP contribution in [0.4, 0.5) is 4.39 Å². The van der Waals surface area contributed by atoms with Crippen molar-refractivity contribution < 1.29 is 9.18 Å². The molecule has 1 amide bonds. The van der Waals surface area contributed by atoms with Crippen molar-refractivity contribution in [2.24, 2.45) is 5.73 Å². The van der Waals surface area contributed by atoms with Crippen molar-refractivity contribution in [2.45, 2.75) is 6.92 Å². The molecule has 0 aliphatic heterocycles. The quantitative estimate of drug-likeness (QED) is 0.712. The van der Waals surface area contributed by atoms with Crippen molar-refractivity contribution in [3.05, 3.63) is 47.7 Å². The van der Waals surface area contributed by atoms with E-state index in [0.29, 0.717) is 17.0 Å². The summed E-state index contributed by atoms with van der Waals surface area (Å²) in [4.78, 5) is 19.4. The minimum atomic E-state index is -0.615. The van der Waals surface area contributed by atoms with Gasteiger partial charge in [0.25, 0.3) is 5.91 Å². The van der Waals surface area contributed by atoms with Gasteiger partial charge >= 0.3 is 0 Å². The van der Waals surface area contributed by atoms with Crippen LogP contribution < -0.4 is 5.73 Å². The highest BCUT2D eigenvalue weighted by atomic mass is 19.1. The molecule has 20 heavy (non-hydrogen) atoms. The van der Waals surface area contributed by atoms with Gasteiger partial charge in [0.15, 0.2) is 5.65 Å². The Morgan fingerprint density at radius 3 is 2.80 bits per heavy atom. The third-order valence-corrected chi connectivity index (χ3v) is 2.89. The molecule has 3 aromatic rings. The van der Waals surface area contributed by atoms with Crippen LogP contribution in [0, 0.1) is 12.9 Å². The zero-order chi connectivity index (χ0) is 14.3. The Morgan fingerprint density at radius 2 is 2.10 bits per heavy atom. The van der Waals surface area contributed by atoms with Crippen molar-refractivity contribution in [1.82, 2.24) is 19.6 Å². The van der Waals surface area contributed by atoms with Gasteiger partial charge in [-0.15, -0.1) is 0 Å². The zero-order valence-corrected chi connectivity index (χ0v) is 10.5. The second kappa shape index (κ2) is 4.37. The van der Waals surface area contributed by atoms with E-state index in [9.17, 15) is 9.18 Å². The number of nitrogens with two attached hydrogens (primary N) is 1. The molecule has 0 aliphatic carbocycles. The van der Waals surface area contributed by atoms with Crippen LogP contribution in [0.3, 0.4) is 0 Å². The first-order valence-corrected chi connectivity index (χ1v) is 5.84. The predicted octanol–water partition coefficient (Wildman–Crippen LogP) is 1.34. The summed E-state index contributed by atoms with van der Waals surface area (Å²) < 4.78 is 14.7. The van der Waals surface area contributed by atoms with E-state index < -0.39 is 11.9 Å². The van der Waals surface area contributed by atoms with Gasteiger partial charge in [-0.25, -0.2) is 14.5 Å². The molecule has 0 unspecified atom stereocenters. The van der Waals surface area contributed by atoms with Crippen molar-refractivity contribution in [1.29, 1.82) is 0 Å². The highest BCUT2D eigenvalue weighted by molar-refractivity contribution is 5.98. The first kappa shape index (κ1) is 12.2. The van der Waals surface area contributed by atoms with Gasteiger partial charge in [0.05, 0.1) is 17.6 Å². The number of halogens is 1. The molecule has 0 saturated carbocycles. The molecule has 0 bridgehead atoms. The minimum absolute atomic E-state index is 0.214. The van der Waals surface area contributed by atoms with Crippen LogP contribution in [0.25, 0.3) is 17.0 Å². The molecule has 7 heteroatoms. The largest absolute Gasteiger partial charge is 0.365 e. The van der Waals surface area contributed by atoms with E-state index in [1.54, 1.807) is 25.1 Å². The highest BCUT2D eigenvalue weighted by Crippen LogP contribution is 2.19. The molecule has 0 spiro atoms. The monoisotopic (exact) mass is 271 g/mol. The number of aryl methyl sites for hydroxylation is 1. The normalized spacial score (nSPS) is 10.9. The number of hydrogen-bond acceptors (Lipinski definition) is 4. The Kier molecular flexibility index (Phi) is 2.67. The number of pyridine rings is 1. The average Bonchev–Trinajstić information content (AvgIpc) is 2.83. The van der Waals surface area contributed by atoms with Gasteiger partial charge in [0, 0.05) is 5.69 Å². The molecule has 0 saturated heterocycles. The smallest absolute Gasteiger partial charge is 0.254 e. The summed E-state index contributed by atoms with van der Waals surface area (Å²) in [5.74, 6) is -1.21. The third-order valence-electron chi connectivity index (χ3n) is 2.89. The fraction of sp³-hybridized carbons (Fsp3) is 0.0769. The van der Waals surface area contributed by atoms with Crippen molar-refractivity contribution in [3.63, 3.8) is 0 Å². The summed E-state index contributed by atoms with van der Waals surface area (Å²) in [5.41, 5.74) is 7.40. The molecule has 6 nitrogen and oxygen atoms in total. The first-order valence-electron chi connectivity index (χ1n) is 5.84. The van der Waals surface area contributed by atoms with Crippen molar-refractivity contribution >= 4 is 11.6 Å². The molecule has 0 aliphatic rings. The molecule has 0 radical (unpaired) electrons. The lowest BCUT2D eigenvalue weighted by Crippen LogP contribution is -2.11. The van der Waals surface area contributed by atoms with Crippen LogP contribution >= 0.6 is 0 Å². The number of fused-ring (bicyclic) bond motifs is 1. The Balaban J connectivity index is 2.27. The molecule has 3 rings (SSSR count). The SMILES string of the molecule is Cc1cc(-c2cccc(F)n2)nc2c(C(N)=O)cnn12. The van der Waals surface area contributed by atoms with E-state index in [2.05, 4.69) is 15.1 Å². The summed E-state index contributed by atoms with van der Waals surface area (Å²) in [6, 6.07) is 6.15. The topological polar surface area (TPSA) is 86.2 Å². The Bertz CT molecular complexity index is 827. The third kappa shape index (κ3) is 1.89.